The summed E-state index contributed by atoms with van der Waals surface area (Å²) in [6, 6.07) is 15.7. The van der Waals surface area contributed by atoms with Gasteiger partial charge in [-0.2, -0.15) is 0 Å². The van der Waals surface area contributed by atoms with Gasteiger partial charge in [0, 0.05) is 11.3 Å². The maximum absolute atomic E-state index is 12.0. The lowest BCUT2D eigenvalue weighted by Gasteiger charge is -2.04. The molecule has 2 aromatic rings. The molecule has 0 aliphatic heterocycles. The Bertz CT molecular complexity index is 559. The molecule has 0 N–H and O–H groups in total. The molecule has 20 heavy (non-hydrogen) atoms. The summed E-state index contributed by atoms with van der Waals surface area (Å²) < 4.78 is 5.08. The van der Waals surface area contributed by atoms with Crippen molar-refractivity contribution in [2.45, 2.75) is 13.3 Å². The molecule has 0 amide bonds. The van der Waals surface area contributed by atoms with Gasteiger partial charge in [-0.15, -0.1) is 0 Å². The van der Waals surface area contributed by atoms with Crippen molar-refractivity contribution >= 4 is 16.9 Å². The van der Waals surface area contributed by atoms with E-state index in [0.717, 1.165) is 23.5 Å². The van der Waals surface area contributed by atoms with E-state index in [9.17, 15) is 4.79 Å². The molecule has 2 nitrogen and oxygen atoms in total. The molecule has 0 spiro atoms. The molecule has 0 unspecified atom stereocenters. The molecule has 0 heterocycles. The molecule has 0 saturated heterocycles. The van der Waals surface area contributed by atoms with E-state index in [4.69, 9.17) is 4.74 Å². The fourth-order valence-corrected chi connectivity index (χ4v) is 2.65. The fourth-order valence-electron chi connectivity index (χ4n) is 1.83. The van der Waals surface area contributed by atoms with Crippen LogP contribution in [0.4, 0.5) is 0 Å². The normalized spacial score (nSPS) is 10.3. The van der Waals surface area contributed by atoms with Crippen LogP contribution in [0.5, 0.6) is 5.75 Å². The van der Waals surface area contributed by atoms with Crippen molar-refractivity contribution in [3.05, 3.63) is 65.2 Å². The summed E-state index contributed by atoms with van der Waals surface area (Å²) in [5, 5.41) is 0.111. The molecule has 2 aromatic carbocycles. The third-order valence-electron chi connectivity index (χ3n) is 3.07. The Labute approximate surface area is 124 Å². The second-order valence-corrected chi connectivity index (χ2v) is 5.67. The summed E-state index contributed by atoms with van der Waals surface area (Å²) >= 11 is 1.36. The summed E-state index contributed by atoms with van der Waals surface area (Å²) in [6.07, 6.45) is 0.910. The predicted octanol–water partition coefficient (Wildman–Crippen LogP) is 4.12. The Hall–Kier alpha value is -1.74. The van der Waals surface area contributed by atoms with Gasteiger partial charge in [-0.05, 0) is 43.2 Å². The number of hydrogen-bond donors (Lipinski definition) is 0. The van der Waals surface area contributed by atoms with Crippen molar-refractivity contribution in [1.29, 1.82) is 0 Å². The summed E-state index contributed by atoms with van der Waals surface area (Å²) in [5.41, 5.74) is 3.25. The molecule has 3 heteroatoms. The van der Waals surface area contributed by atoms with Crippen LogP contribution in [0.1, 0.15) is 21.5 Å². The van der Waals surface area contributed by atoms with E-state index in [1.807, 2.05) is 12.1 Å². The molecule has 0 aliphatic rings. The minimum Gasteiger partial charge on any atom is -0.497 e. The first-order chi connectivity index (χ1) is 9.69. The van der Waals surface area contributed by atoms with Gasteiger partial charge in [-0.3, -0.25) is 4.79 Å². The first-order valence-electron chi connectivity index (χ1n) is 6.56. The van der Waals surface area contributed by atoms with Crippen molar-refractivity contribution in [2.24, 2.45) is 0 Å². The van der Waals surface area contributed by atoms with Gasteiger partial charge in [-0.25, -0.2) is 0 Å². The van der Waals surface area contributed by atoms with E-state index in [0.29, 0.717) is 0 Å². The second kappa shape index (κ2) is 7.15. The van der Waals surface area contributed by atoms with Crippen LogP contribution < -0.4 is 4.74 Å². The van der Waals surface area contributed by atoms with Gasteiger partial charge in [-0.1, -0.05) is 41.6 Å². The number of rotatable bonds is 5. The zero-order chi connectivity index (χ0) is 14.4. The van der Waals surface area contributed by atoms with E-state index in [2.05, 4.69) is 31.2 Å². The minimum absolute atomic E-state index is 0.111. The summed E-state index contributed by atoms with van der Waals surface area (Å²) in [5.74, 6) is 1.57. The van der Waals surface area contributed by atoms with Crippen molar-refractivity contribution in [3.63, 3.8) is 0 Å². The number of carbonyl (C=O) groups is 1. The highest BCUT2D eigenvalue weighted by Gasteiger charge is 2.06. The van der Waals surface area contributed by atoms with Gasteiger partial charge < -0.3 is 4.74 Å². The van der Waals surface area contributed by atoms with Gasteiger partial charge in [0.15, 0.2) is 0 Å². The second-order valence-electron chi connectivity index (χ2n) is 4.60. The average Bonchev–Trinajstić information content (AvgIpc) is 2.49. The van der Waals surface area contributed by atoms with Crippen LogP contribution >= 0.6 is 11.8 Å². The van der Waals surface area contributed by atoms with Crippen molar-refractivity contribution in [1.82, 2.24) is 0 Å². The largest absolute Gasteiger partial charge is 0.497 e. The van der Waals surface area contributed by atoms with E-state index >= 15 is 0 Å². The molecule has 0 saturated carbocycles. The van der Waals surface area contributed by atoms with Crippen molar-refractivity contribution in [2.75, 3.05) is 12.9 Å². The third-order valence-corrected chi connectivity index (χ3v) is 3.98. The summed E-state index contributed by atoms with van der Waals surface area (Å²) in [7, 11) is 1.62. The monoisotopic (exact) mass is 286 g/mol. The van der Waals surface area contributed by atoms with Gasteiger partial charge >= 0.3 is 0 Å². The van der Waals surface area contributed by atoms with Crippen molar-refractivity contribution in [3.8, 4) is 5.75 Å². The average molecular weight is 286 g/mol. The van der Waals surface area contributed by atoms with Crippen LogP contribution in [0.15, 0.2) is 48.5 Å². The maximum atomic E-state index is 12.0. The van der Waals surface area contributed by atoms with Gasteiger partial charge in [0.2, 0.25) is 5.12 Å². The Balaban J connectivity index is 1.83. The quantitative estimate of drug-likeness (QED) is 0.827. The molecular weight excluding hydrogens is 268 g/mol. The van der Waals surface area contributed by atoms with E-state index < -0.39 is 0 Å². The SMILES string of the molecule is COc1ccc(C(=O)SCCc2ccc(C)cc2)cc1. The Kier molecular flexibility index (Phi) is 5.24. The third kappa shape index (κ3) is 4.14. The highest BCUT2D eigenvalue weighted by Crippen LogP contribution is 2.17. The Morgan fingerprint density at radius 1 is 1.05 bits per heavy atom. The molecule has 0 atom stereocenters. The van der Waals surface area contributed by atoms with Crippen molar-refractivity contribution < 1.29 is 9.53 Å². The number of aryl methyl sites for hydroxylation is 2. The number of carbonyl (C=O) groups excluding carboxylic acids is 1. The van der Waals surface area contributed by atoms with E-state index in [1.165, 1.54) is 22.9 Å². The van der Waals surface area contributed by atoms with Crippen LogP contribution in [0.25, 0.3) is 0 Å². The van der Waals surface area contributed by atoms with Crippen LogP contribution in [0.2, 0.25) is 0 Å². The first-order valence-corrected chi connectivity index (χ1v) is 7.54. The zero-order valence-electron chi connectivity index (χ0n) is 11.8. The van der Waals surface area contributed by atoms with Gasteiger partial charge in [0.05, 0.1) is 7.11 Å². The standard InChI is InChI=1S/C17H18O2S/c1-13-3-5-14(6-4-13)11-12-20-17(18)15-7-9-16(19-2)10-8-15/h3-10H,11-12H2,1-2H3. The number of methoxy groups -OCH3 is 1. The lowest BCUT2D eigenvalue weighted by Crippen LogP contribution is -1.97. The lowest BCUT2D eigenvalue weighted by molar-refractivity contribution is 0.108. The number of hydrogen-bond acceptors (Lipinski definition) is 3. The molecule has 0 aliphatic carbocycles. The fraction of sp³-hybridized carbons (Fsp3) is 0.235. The van der Waals surface area contributed by atoms with Crippen LogP contribution in [0.3, 0.4) is 0 Å². The van der Waals surface area contributed by atoms with E-state index in [1.54, 1.807) is 19.2 Å². The van der Waals surface area contributed by atoms with Gasteiger partial charge in [0.1, 0.15) is 5.75 Å². The number of ether oxygens (including phenoxy) is 1. The number of thioether (sulfide) groups is 1. The molecular formula is C17H18O2S. The molecule has 0 aromatic heterocycles. The molecule has 0 radical (unpaired) electrons. The highest BCUT2D eigenvalue weighted by molar-refractivity contribution is 8.14. The highest BCUT2D eigenvalue weighted by atomic mass is 32.2. The molecule has 2 rings (SSSR count). The van der Waals surface area contributed by atoms with Crippen LogP contribution in [-0.4, -0.2) is 18.0 Å². The maximum Gasteiger partial charge on any atom is 0.219 e. The van der Waals surface area contributed by atoms with Crippen LogP contribution in [-0.2, 0) is 6.42 Å². The number of benzene rings is 2. The Morgan fingerprint density at radius 3 is 2.30 bits per heavy atom. The molecule has 104 valence electrons. The first kappa shape index (κ1) is 14.7. The smallest absolute Gasteiger partial charge is 0.219 e. The van der Waals surface area contributed by atoms with Gasteiger partial charge in [0.25, 0.3) is 0 Å². The minimum atomic E-state index is 0.111. The summed E-state index contributed by atoms with van der Waals surface area (Å²) in [6.45, 7) is 2.08. The zero-order valence-corrected chi connectivity index (χ0v) is 12.6. The van der Waals surface area contributed by atoms with Crippen LogP contribution in [0, 0.1) is 6.92 Å². The molecule has 0 fully saturated rings. The Morgan fingerprint density at radius 2 is 1.70 bits per heavy atom. The lowest BCUT2D eigenvalue weighted by atomic mass is 10.1. The molecule has 0 bridgehead atoms. The predicted molar refractivity (Wildman–Crippen MR) is 84.7 cm³/mol. The summed E-state index contributed by atoms with van der Waals surface area (Å²) in [4.78, 5) is 12.0. The van der Waals surface area contributed by atoms with E-state index in [-0.39, 0.29) is 5.12 Å². The topological polar surface area (TPSA) is 26.3 Å².